The third kappa shape index (κ3) is 7.26. The van der Waals surface area contributed by atoms with E-state index in [1.807, 2.05) is 31.2 Å². The molecule has 0 spiro atoms. The number of carboxylic acids is 1. The Balaban J connectivity index is 0.00000341. The molecule has 3 rings (SSSR count). The van der Waals surface area contributed by atoms with Crippen LogP contribution in [0.2, 0.25) is 0 Å². The van der Waals surface area contributed by atoms with Crippen LogP contribution in [-0.4, -0.2) is 67.5 Å². The van der Waals surface area contributed by atoms with Gasteiger partial charge in [-0.05, 0) is 50.1 Å². The molecule has 0 bridgehead atoms. The zero-order valence-electron chi connectivity index (χ0n) is 18.1. The first-order valence-electron chi connectivity index (χ1n) is 10.3. The maximum atomic E-state index is 13.5. The Kier molecular flexibility index (Phi) is 9.86. The van der Waals surface area contributed by atoms with Crippen molar-refractivity contribution in [3.8, 4) is 5.75 Å². The van der Waals surface area contributed by atoms with Gasteiger partial charge >= 0.3 is 23.1 Å². The molecule has 8 heteroatoms. The van der Waals surface area contributed by atoms with Crippen molar-refractivity contribution in [1.82, 2.24) is 0 Å². The molecule has 0 aliphatic carbocycles. The maximum absolute atomic E-state index is 13.5. The summed E-state index contributed by atoms with van der Waals surface area (Å²) in [7, 11) is 0. The summed E-state index contributed by atoms with van der Waals surface area (Å²) in [4.78, 5) is 13.3. The summed E-state index contributed by atoms with van der Waals surface area (Å²) in [5.41, 5.74) is 2.78. The summed E-state index contributed by atoms with van der Waals surface area (Å²) in [5.74, 6) is -0.889. The molecule has 2 aromatic rings. The van der Waals surface area contributed by atoms with Crippen LogP contribution in [0, 0.1) is 5.82 Å². The van der Waals surface area contributed by atoms with Gasteiger partial charge in [0.25, 0.3) is 0 Å². The van der Waals surface area contributed by atoms with Crippen molar-refractivity contribution in [3.05, 3.63) is 53.8 Å². The molecule has 0 amide bonds. The van der Waals surface area contributed by atoms with Crippen LogP contribution >= 0.6 is 0 Å². The van der Waals surface area contributed by atoms with E-state index < -0.39 is 12.1 Å². The summed E-state index contributed by atoms with van der Waals surface area (Å²) in [6.45, 7) is 6.46. The molecular weight excluding hydrogens is 412 g/mol. The molecule has 1 heterocycles. The molecule has 2 aromatic carbocycles. The van der Waals surface area contributed by atoms with Gasteiger partial charge in [-0.25, -0.2) is 4.39 Å². The third-order valence-corrected chi connectivity index (χ3v) is 5.01. The van der Waals surface area contributed by atoms with E-state index in [1.54, 1.807) is 13.0 Å². The van der Waals surface area contributed by atoms with E-state index in [-0.39, 0.29) is 41.4 Å². The molecule has 0 radical (unpaired) electrons. The molecule has 0 saturated heterocycles. The normalized spacial score (nSPS) is 16.0. The number of aliphatic carboxylic acids is 1. The number of nitrogens with zero attached hydrogens (tertiary/aromatic N) is 1. The Labute approximate surface area is 198 Å². The van der Waals surface area contributed by atoms with Crippen molar-refractivity contribution >= 4 is 40.4 Å². The van der Waals surface area contributed by atoms with E-state index in [2.05, 4.69) is 10.2 Å². The molecule has 2 unspecified atom stereocenters. The number of halogens is 1. The number of fused-ring (bicyclic) bond motifs is 1. The van der Waals surface area contributed by atoms with Crippen LogP contribution in [0.3, 0.4) is 0 Å². The number of benzene rings is 2. The number of carbonyl (C=O) groups is 1. The molecule has 2 atom stereocenters. The quantitative estimate of drug-likeness (QED) is 0.452. The second-order valence-corrected chi connectivity index (χ2v) is 7.43. The number of carbonyl (C=O) groups excluding carboxylic acids is 1. The monoisotopic (exact) mass is 439 g/mol. The molecule has 31 heavy (non-hydrogen) atoms. The number of anilines is 2. The first-order valence-corrected chi connectivity index (χ1v) is 10.3. The van der Waals surface area contributed by atoms with Crippen molar-refractivity contribution in [2.24, 2.45) is 0 Å². The average Bonchev–Trinajstić information content (AvgIpc) is 2.71. The van der Waals surface area contributed by atoms with E-state index in [1.165, 1.54) is 12.1 Å². The summed E-state index contributed by atoms with van der Waals surface area (Å²) >= 11 is 0. The maximum Gasteiger partial charge on any atom is 2.00 e. The number of hydrogen-bond acceptors (Lipinski definition) is 6. The number of ether oxygens (including phenoxy) is 2. The number of carboxylic acid groups (broad SMARTS) is 1. The Bertz CT molecular complexity index is 850. The predicted octanol–water partition coefficient (Wildman–Crippen LogP) is 2.23. The van der Waals surface area contributed by atoms with E-state index in [0.29, 0.717) is 12.4 Å². The van der Waals surface area contributed by atoms with E-state index in [9.17, 15) is 14.3 Å². The largest absolute Gasteiger partial charge is 2.00 e. The van der Waals surface area contributed by atoms with Gasteiger partial charge in [0.2, 0.25) is 0 Å². The molecular formula is C23H28FMgN2O4+. The number of rotatable bonds is 10. The van der Waals surface area contributed by atoms with Crippen LogP contribution in [0.5, 0.6) is 5.75 Å². The molecule has 0 aromatic heterocycles. The van der Waals surface area contributed by atoms with Gasteiger partial charge in [0.1, 0.15) is 23.8 Å². The minimum atomic E-state index is -1.19. The zero-order valence-corrected chi connectivity index (χ0v) is 19.5. The SMILES string of the molecule is CCOC(Cc1ccc(NCCCN2CC(C)Oc3cc(F)ccc32)cc1)C(=O)[O-].[Mg+2]. The molecule has 1 aliphatic heterocycles. The van der Waals surface area contributed by atoms with Crippen molar-refractivity contribution in [3.63, 3.8) is 0 Å². The predicted molar refractivity (Wildman–Crippen MR) is 118 cm³/mol. The fourth-order valence-corrected chi connectivity index (χ4v) is 3.60. The van der Waals surface area contributed by atoms with E-state index >= 15 is 0 Å². The van der Waals surface area contributed by atoms with Crippen molar-refractivity contribution in [1.29, 1.82) is 0 Å². The Morgan fingerprint density at radius 3 is 2.74 bits per heavy atom. The molecule has 6 nitrogen and oxygen atoms in total. The van der Waals surface area contributed by atoms with Gasteiger partial charge in [0.15, 0.2) is 0 Å². The van der Waals surface area contributed by atoms with Gasteiger partial charge < -0.3 is 29.6 Å². The summed E-state index contributed by atoms with van der Waals surface area (Å²) in [5, 5.41) is 14.5. The Morgan fingerprint density at radius 1 is 1.32 bits per heavy atom. The minimum Gasteiger partial charge on any atom is -0.547 e. The fraction of sp³-hybridized carbons (Fsp3) is 0.435. The number of nitrogens with one attached hydrogen (secondary N) is 1. The third-order valence-electron chi connectivity index (χ3n) is 5.01. The Morgan fingerprint density at radius 2 is 2.06 bits per heavy atom. The second-order valence-electron chi connectivity index (χ2n) is 7.43. The summed E-state index contributed by atoms with van der Waals surface area (Å²) in [6.07, 6.45) is 0.274. The molecule has 1 aliphatic rings. The van der Waals surface area contributed by atoms with Crippen LogP contribution in [-0.2, 0) is 16.0 Å². The molecule has 0 fully saturated rings. The average molecular weight is 440 g/mol. The van der Waals surface area contributed by atoms with Gasteiger partial charge in [-0.3, -0.25) is 0 Å². The summed E-state index contributed by atoms with van der Waals surface area (Å²) < 4.78 is 24.4. The summed E-state index contributed by atoms with van der Waals surface area (Å²) in [6, 6.07) is 12.3. The molecule has 0 saturated carbocycles. The van der Waals surface area contributed by atoms with Gasteiger partial charge in [-0.15, -0.1) is 0 Å². The first kappa shape index (κ1) is 25.2. The van der Waals surface area contributed by atoms with Crippen LogP contribution < -0.4 is 20.1 Å². The smallest absolute Gasteiger partial charge is 0.547 e. The van der Waals surface area contributed by atoms with Crippen molar-refractivity contribution in [2.75, 3.05) is 36.5 Å². The van der Waals surface area contributed by atoms with E-state index in [0.717, 1.165) is 43.0 Å². The van der Waals surface area contributed by atoms with Gasteiger partial charge in [0.05, 0.1) is 18.2 Å². The zero-order chi connectivity index (χ0) is 21.5. The van der Waals surface area contributed by atoms with Crippen molar-refractivity contribution < 1.29 is 23.8 Å². The standard InChI is InChI=1S/C23H29FN2O4.Mg/c1-3-29-22(23(27)28)13-17-5-8-19(9-6-17)25-11-4-12-26-15-16(2)30-21-14-18(24)7-10-20(21)26;/h5-10,14,16,22,25H,3-4,11-13,15H2,1-2H3,(H,27,28);/q;+2/p-1. The topological polar surface area (TPSA) is 73.9 Å². The Hall–Kier alpha value is -2.03. The second kappa shape index (κ2) is 12.1. The minimum absolute atomic E-state index is 0. The van der Waals surface area contributed by atoms with Gasteiger partial charge in [0, 0.05) is 37.9 Å². The van der Waals surface area contributed by atoms with Crippen LogP contribution in [0.15, 0.2) is 42.5 Å². The van der Waals surface area contributed by atoms with Gasteiger partial charge in [-0.2, -0.15) is 0 Å². The number of hydrogen-bond donors (Lipinski definition) is 1. The van der Waals surface area contributed by atoms with Gasteiger partial charge in [-0.1, -0.05) is 12.1 Å². The van der Waals surface area contributed by atoms with E-state index in [4.69, 9.17) is 9.47 Å². The van der Waals surface area contributed by atoms with Crippen LogP contribution in [0.25, 0.3) is 0 Å². The van der Waals surface area contributed by atoms with Crippen LogP contribution in [0.4, 0.5) is 15.8 Å². The van der Waals surface area contributed by atoms with Crippen molar-refractivity contribution in [2.45, 2.75) is 38.9 Å². The van der Waals surface area contributed by atoms with Crippen LogP contribution in [0.1, 0.15) is 25.8 Å². The molecule has 1 N–H and O–H groups in total. The first-order chi connectivity index (χ1) is 14.5. The fourth-order valence-electron chi connectivity index (χ4n) is 3.60. The molecule has 162 valence electrons.